The van der Waals surface area contributed by atoms with Crippen LogP contribution in [0.2, 0.25) is 0 Å². The summed E-state index contributed by atoms with van der Waals surface area (Å²) in [5.41, 5.74) is 2.03. The smallest absolute Gasteiger partial charge is 0.102 e. The van der Waals surface area contributed by atoms with Gasteiger partial charge in [-0.15, -0.1) is 11.8 Å². The zero-order valence-corrected chi connectivity index (χ0v) is 10.4. The van der Waals surface area contributed by atoms with Crippen LogP contribution >= 0.6 is 11.8 Å². The fraction of sp³-hybridized carbons (Fsp3) is 0.0667. The number of hydrogen-bond acceptors (Lipinski definition) is 3. The summed E-state index contributed by atoms with van der Waals surface area (Å²) in [4.78, 5) is 10.3. The normalized spacial score (nSPS) is 14.0. The maximum Gasteiger partial charge on any atom is 0.102 e. The molecule has 4 rings (SSSR count). The molecule has 0 N–H and O–H groups in total. The predicted octanol–water partition coefficient (Wildman–Crippen LogP) is 4.20. The molecule has 2 nitrogen and oxygen atoms in total. The van der Waals surface area contributed by atoms with Gasteiger partial charge in [0.05, 0.1) is 5.52 Å². The van der Waals surface area contributed by atoms with E-state index in [1.807, 2.05) is 30.2 Å². The van der Waals surface area contributed by atoms with Crippen molar-refractivity contribution in [2.45, 2.75) is 4.90 Å². The molecule has 0 amide bonds. The molecule has 0 aliphatic carbocycles. The fourth-order valence-corrected chi connectivity index (χ4v) is 3.17. The van der Waals surface area contributed by atoms with Gasteiger partial charge in [-0.25, -0.2) is 0 Å². The Hall–Kier alpha value is -1.87. The molecule has 0 radical (unpaired) electrons. The number of aliphatic imine (C=N–C) groups is 1. The molecule has 86 valence electrons. The second kappa shape index (κ2) is 3.82. The average molecular weight is 250 g/mol. The van der Waals surface area contributed by atoms with Crippen molar-refractivity contribution in [2.24, 2.45) is 4.99 Å². The molecule has 0 saturated carbocycles. The van der Waals surface area contributed by atoms with Crippen molar-refractivity contribution in [3.05, 3.63) is 42.6 Å². The van der Waals surface area contributed by atoms with Gasteiger partial charge in [0, 0.05) is 33.8 Å². The Morgan fingerprint density at radius 1 is 1.00 bits per heavy atom. The first-order valence-electron chi connectivity index (χ1n) is 5.89. The largest absolute Gasteiger partial charge is 0.257 e. The third kappa shape index (κ3) is 1.37. The molecule has 0 fully saturated rings. The van der Waals surface area contributed by atoms with Crippen LogP contribution < -0.4 is 0 Å². The number of rotatable bonds is 0. The van der Waals surface area contributed by atoms with Crippen molar-refractivity contribution < 1.29 is 0 Å². The molecule has 0 atom stereocenters. The van der Waals surface area contributed by atoms with E-state index in [-0.39, 0.29) is 0 Å². The Balaban J connectivity index is 2.20. The van der Waals surface area contributed by atoms with Crippen molar-refractivity contribution in [3.8, 4) is 0 Å². The Bertz CT molecular complexity index is 793. The van der Waals surface area contributed by atoms with Crippen LogP contribution in [0.5, 0.6) is 0 Å². The van der Waals surface area contributed by atoms with Gasteiger partial charge in [0.1, 0.15) is 5.69 Å². The fourth-order valence-electron chi connectivity index (χ4n) is 2.39. The SMILES string of the molecule is C1=Nc2c(ccc3c2ncc2ccccc23)SC1. The second-order valence-electron chi connectivity index (χ2n) is 4.28. The number of fused-ring (bicyclic) bond motifs is 5. The molecule has 3 aromatic rings. The topological polar surface area (TPSA) is 25.2 Å². The summed E-state index contributed by atoms with van der Waals surface area (Å²) in [6, 6.07) is 12.7. The maximum absolute atomic E-state index is 4.60. The van der Waals surface area contributed by atoms with Crippen LogP contribution in [0, 0.1) is 0 Å². The lowest BCUT2D eigenvalue weighted by molar-refractivity contribution is 1.34. The molecule has 0 spiro atoms. The molecule has 1 aliphatic rings. The zero-order valence-electron chi connectivity index (χ0n) is 9.63. The maximum atomic E-state index is 4.60. The number of benzene rings is 2. The van der Waals surface area contributed by atoms with Crippen LogP contribution in [0.3, 0.4) is 0 Å². The van der Waals surface area contributed by atoms with Crippen LogP contribution in [0.4, 0.5) is 5.69 Å². The van der Waals surface area contributed by atoms with E-state index in [0.717, 1.165) is 17.0 Å². The van der Waals surface area contributed by atoms with Crippen LogP contribution in [-0.2, 0) is 0 Å². The summed E-state index contributed by atoms with van der Waals surface area (Å²) < 4.78 is 0. The van der Waals surface area contributed by atoms with Gasteiger partial charge in [-0.3, -0.25) is 9.98 Å². The molecule has 0 saturated heterocycles. The summed E-state index contributed by atoms with van der Waals surface area (Å²) in [6.45, 7) is 0. The molecule has 1 aliphatic heterocycles. The second-order valence-corrected chi connectivity index (χ2v) is 5.34. The Morgan fingerprint density at radius 2 is 1.94 bits per heavy atom. The van der Waals surface area contributed by atoms with Crippen LogP contribution in [0.15, 0.2) is 52.5 Å². The van der Waals surface area contributed by atoms with Gasteiger partial charge in [-0.2, -0.15) is 0 Å². The van der Waals surface area contributed by atoms with Crippen molar-refractivity contribution >= 4 is 45.3 Å². The molecule has 0 unspecified atom stereocenters. The van der Waals surface area contributed by atoms with Gasteiger partial charge >= 0.3 is 0 Å². The highest BCUT2D eigenvalue weighted by atomic mass is 32.2. The molecule has 2 heterocycles. The van der Waals surface area contributed by atoms with E-state index in [0.29, 0.717) is 0 Å². The number of aromatic nitrogens is 1. The van der Waals surface area contributed by atoms with Gasteiger partial charge in [0.25, 0.3) is 0 Å². The minimum Gasteiger partial charge on any atom is -0.257 e. The Labute approximate surface area is 109 Å². The molecule has 1 aromatic heterocycles. The summed E-state index contributed by atoms with van der Waals surface area (Å²) >= 11 is 1.82. The first-order chi connectivity index (χ1) is 8.93. The minimum absolute atomic E-state index is 0.950. The van der Waals surface area contributed by atoms with Gasteiger partial charge in [0.15, 0.2) is 0 Å². The number of nitrogens with zero attached hydrogens (tertiary/aromatic N) is 2. The van der Waals surface area contributed by atoms with Gasteiger partial charge in [-0.1, -0.05) is 30.3 Å². The lowest BCUT2D eigenvalue weighted by Gasteiger charge is -2.12. The van der Waals surface area contributed by atoms with E-state index in [1.54, 1.807) is 0 Å². The molecule has 3 heteroatoms. The van der Waals surface area contributed by atoms with Crippen LogP contribution in [0.1, 0.15) is 0 Å². The van der Waals surface area contributed by atoms with Crippen LogP contribution in [-0.4, -0.2) is 17.0 Å². The van der Waals surface area contributed by atoms with E-state index in [9.17, 15) is 0 Å². The number of pyridine rings is 1. The van der Waals surface area contributed by atoms with Crippen LogP contribution in [0.25, 0.3) is 21.7 Å². The minimum atomic E-state index is 0.950. The van der Waals surface area contributed by atoms with E-state index < -0.39 is 0 Å². The third-order valence-electron chi connectivity index (χ3n) is 3.23. The third-order valence-corrected chi connectivity index (χ3v) is 4.19. The molecule has 0 bridgehead atoms. The van der Waals surface area contributed by atoms with Gasteiger partial charge < -0.3 is 0 Å². The highest BCUT2D eigenvalue weighted by molar-refractivity contribution is 8.00. The molecular weight excluding hydrogens is 240 g/mol. The first-order valence-corrected chi connectivity index (χ1v) is 6.88. The lowest BCUT2D eigenvalue weighted by Crippen LogP contribution is -1.91. The van der Waals surface area contributed by atoms with E-state index >= 15 is 0 Å². The molecule has 2 aromatic carbocycles. The molecular formula is C15H10N2S. The monoisotopic (exact) mass is 250 g/mol. The average Bonchev–Trinajstić information content (AvgIpc) is 2.46. The van der Waals surface area contributed by atoms with Crippen molar-refractivity contribution in [2.75, 3.05) is 5.75 Å². The highest BCUT2D eigenvalue weighted by Gasteiger charge is 2.12. The summed E-state index contributed by atoms with van der Waals surface area (Å²) in [7, 11) is 0. The Morgan fingerprint density at radius 3 is 2.94 bits per heavy atom. The van der Waals surface area contributed by atoms with Crippen molar-refractivity contribution in [1.29, 1.82) is 0 Å². The summed E-state index contributed by atoms with van der Waals surface area (Å²) in [5.74, 6) is 0.950. The van der Waals surface area contributed by atoms with Crippen molar-refractivity contribution in [3.63, 3.8) is 0 Å². The van der Waals surface area contributed by atoms with E-state index in [1.165, 1.54) is 21.1 Å². The summed E-state index contributed by atoms with van der Waals surface area (Å²) in [5, 5.41) is 3.61. The predicted molar refractivity (Wildman–Crippen MR) is 78.1 cm³/mol. The highest BCUT2D eigenvalue weighted by Crippen LogP contribution is 2.39. The number of hydrogen-bond donors (Lipinski definition) is 0. The first kappa shape index (κ1) is 10.1. The van der Waals surface area contributed by atoms with E-state index in [2.05, 4.69) is 40.3 Å². The van der Waals surface area contributed by atoms with Gasteiger partial charge in [-0.05, 0) is 11.5 Å². The zero-order chi connectivity index (χ0) is 11.9. The Kier molecular flexibility index (Phi) is 2.14. The standard InChI is InChI=1S/C15H10N2S/c1-2-4-11-10(3-1)9-17-14-12(11)5-6-13-15(14)16-7-8-18-13/h1-7,9H,8H2. The quantitative estimate of drug-likeness (QED) is 0.559. The summed E-state index contributed by atoms with van der Waals surface area (Å²) in [6.07, 6.45) is 3.90. The van der Waals surface area contributed by atoms with Gasteiger partial charge in [0.2, 0.25) is 0 Å². The van der Waals surface area contributed by atoms with E-state index in [4.69, 9.17) is 0 Å². The number of thioether (sulfide) groups is 1. The van der Waals surface area contributed by atoms with Crippen molar-refractivity contribution in [1.82, 2.24) is 4.98 Å². The lowest BCUT2D eigenvalue weighted by atomic mass is 10.1. The molecule has 18 heavy (non-hydrogen) atoms.